The molecule has 0 aromatic rings. The van der Waals surface area contributed by atoms with Gasteiger partial charge in [0.25, 0.3) is 0 Å². The minimum absolute atomic E-state index is 0.507. The van der Waals surface area contributed by atoms with Crippen molar-refractivity contribution >= 4 is 23.2 Å². The molecule has 1 fully saturated rings. The molecular weight excluding hydrogens is 243 g/mol. The van der Waals surface area contributed by atoms with Crippen LogP contribution < -0.4 is 5.32 Å². The van der Waals surface area contributed by atoms with E-state index in [1.165, 1.54) is 24.9 Å². The van der Waals surface area contributed by atoms with Gasteiger partial charge in [0.15, 0.2) is 0 Å². The van der Waals surface area contributed by atoms with Crippen LogP contribution in [-0.4, -0.2) is 37.1 Å². The quantitative estimate of drug-likeness (QED) is 0.822. The summed E-state index contributed by atoms with van der Waals surface area (Å²) in [5.41, 5.74) is 1.47. The summed E-state index contributed by atoms with van der Waals surface area (Å²) in [7, 11) is 0. The van der Waals surface area contributed by atoms with Crippen LogP contribution in [0.25, 0.3) is 0 Å². The van der Waals surface area contributed by atoms with Gasteiger partial charge in [-0.1, -0.05) is 23.2 Å². The lowest BCUT2D eigenvalue weighted by atomic mass is 9.98. The smallest absolute Gasteiger partial charge is 0.0434 e. The van der Waals surface area contributed by atoms with Crippen LogP contribution in [0.5, 0.6) is 0 Å². The van der Waals surface area contributed by atoms with Crippen molar-refractivity contribution in [2.45, 2.75) is 32.7 Å². The largest absolute Gasteiger partial charge is 0.316 e. The van der Waals surface area contributed by atoms with Crippen LogP contribution in [0.15, 0.2) is 10.6 Å². The van der Waals surface area contributed by atoms with Crippen molar-refractivity contribution in [3.8, 4) is 0 Å². The van der Waals surface area contributed by atoms with Crippen LogP contribution in [0.4, 0.5) is 0 Å². The fraction of sp³-hybridized carbons (Fsp3) is 0.833. The molecule has 0 aromatic heterocycles. The summed E-state index contributed by atoms with van der Waals surface area (Å²) in [4.78, 5) is 2.39. The fourth-order valence-electron chi connectivity index (χ4n) is 2.10. The molecule has 0 aromatic carbocycles. The van der Waals surface area contributed by atoms with Crippen molar-refractivity contribution in [2.75, 3.05) is 26.2 Å². The maximum absolute atomic E-state index is 5.99. The summed E-state index contributed by atoms with van der Waals surface area (Å²) in [6, 6.07) is 0.507. The third-order valence-corrected chi connectivity index (χ3v) is 3.70. The van der Waals surface area contributed by atoms with Crippen LogP contribution >= 0.6 is 23.2 Å². The summed E-state index contributed by atoms with van der Waals surface area (Å²) in [5.74, 6) is 0.746. The Bertz CT molecular complexity index is 223. The van der Waals surface area contributed by atoms with Gasteiger partial charge >= 0.3 is 0 Å². The number of halogens is 2. The Morgan fingerprint density at radius 1 is 1.56 bits per heavy atom. The van der Waals surface area contributed by atoms with E-state index < -0.39 is 0 Å². The SMILES string of the molecule is CC(C)N(CC(Cl)=CCl)CC1CCCNC1. The van der Waals surface area contributed by atoms with Gasteiger partial charge in [-0.25, -0.2) is 0 Å². The Balaban J connectivity index is 2.43. The van der Waals surface area contributed by atoms with Crippen molar-refractivity contribution in [3.63, 3.8) is 0 Å². The van der Waals surface area contributed by atoms with Gasteiger partial charge in [-0.05, 0) is 45.7 Å². The first-order valence-electron chi connectivity index (χ1n) is 6.03. The second kappa shape index (κ2) is 7.54. The first-order valence-corrected chi connectivity index (χ1v) is 6.84. The normalized spacial score (nSPS) is 23.1. The second-order valence-corrected chi connectivity index (χ2v) is 5.50. The van der Waals surface area contributed by atoms with Gasteiger partial charge in [0.2, 0.25) is 0 Å². The highest BCUT2D eigenvalue weighted by molar-refractivity contribution is 6.36. The van der Waals surface area contributed by atoms with Crippen molar-refractivity contribution in [2.24, 2.45) is 5.92 Å². The summed E-state index contributed by atoms with van der Waals surface area (Å²) in [6.07, 6.45) is 2.61. The van der Waals surface area contributed by atoms with Crippen molar-refractivity contribution in [1.29, 1.82) is 0 Å². The summed E-state index contributed by atoms with van der Waals surface area (Å²) in [5, 5.41) is 4.17. The van der Waals surface area contributed by atoms with Crippen LogP contribution in [0.1, 0.15) is 26.7 Å². The zero-order valence-electron chi connectivity index (χ0n) is 10.2. The molecule has 1 saturated heterocycles. The highest BCUT2D eigenvalue weighted by atomic mass is 35.5. The van der Waals surface area contributed by atoms with Crippen molar-refractivity contribution in [3.05, 3.63) is 10.6 Å². The molecule has 1 aliphatic heterocycles. The first-order chi connectivity index (χ1) is 7.63. The van der Waals surface area contributed by atoms with Crippen molar-refractivity contribution in [1.82, 2.24) is 10.2 Å². The minimum atomic E-state index is 0.507. The highest BCUT2D eigenvalue weighted by Gasteiger charge is 2.19. The number of piperidine rings is 1. The number of nitrogens with one attached hydrogen (secondary N) is 1. The minimum Gasteiger partial charge on any atom is -0.316 e. The monoisotopic (exact) mass is 264 g/mol. The van der Waals surface area contributed by atoms with Gasteiger partial charge in [0.1, 0.15) is 0 Å². The Morgan fingerprint density at radius 3 is 2.81 bits per heavy atom. The van der Waals surface area contributed by atoms with Crippen LogP contribution in [0.3, 0.4) is 0 Å². The van der Waals surface area contributed by atoms with Crippen LogP contribution in [0, 0.1) is 5.92 Å². The third kappa shape index (κ3) is 5.05. The Kier molecular flexibility index (Phi) is 6.74. The third-order valence-electron chi connectivity index (χ3n) is 3.09. The molecule has 0 bridgehead atoms. The maximum Gasteiger partial charge on any atom is 0.0434 e. The molecular formula is C12H22Cl2N2. The summed E-state index contributed by atoms with van der Waals surface area (Å²) < 4.78 is 0. The fourth-order valence-corrected chi connectivity index (χ4v) is 2.32. The Hall–Kier alpha value is 0.240. The summed E-state index contributed by atoms with van der Waals surface area (Å²) >= 11 is 11.6. The lowest BCUT2D eigenvalue weighted by molar-refractivity contribution is 0.187. The standard InChI is InChI=1S/C12H22Cl2N2/c1-10(2)16(9-12(14)6-13)8-11-4-3-5-15-7-11/h6,10-11,15H,3-5,7-9H2,1-2H3. The highest BCUT2D eigenvalue weighted by Crippen LogP contribution is 2.16. The second-order valence-electron chi connectivity index (χ2n) is 4.79. The van der Waals surface area contributed by atoms with E-state index in [0.717, 1.165) is 30.6 Å². The Labute approximate surface area is 109 Å². The molecule has 16 heavy (non-hydrogen) atoms. The lowest BCUT2D eigenvalue weighted by Gasteiger charge is -2.32. The number of hydrogen-bond acceptors (Lipinski definition) is 2. The molecule has 0 radical (unpaired) electrons. The van der Waals surface area contributed by atoms with E-state index in [1.54, 1.807) is 0 Å². The van der Waals surface area contributed by atoms with Crippen molar-refractivity contribution < 1.29 is 0 Å². The summed E-state index contributed by atoms with van der Waals surface area (Å²) in [6.45, 7) is 8.57. The van der Waals surface area contributed by atoms with Gasteiger partial charge in [-0.15, -0.1) is 0 Å². The molecule has 1 rings (SSSR count). The predicted molar refractivity (Wildman–Crippen MR) is 72.1 cm³/mol. The van der Waals surface area contributed by atoms with Gasteiger partial charge < -0.3 is 5.32 Å². The zero-order chi connectivity index (χ0) is 12.0. The van der Waals surface area contributed by atoms with Gasteiger partial charge in [-0.3, -0.25) is 4.90 Å². The van der Waals surface area contributed by atoms with Gasteiger partial charge in [0, 0.05) is 29.7 Å². The van der Waals surface area contributed by atoms with E-state index in [4.69, 9.17) is 23.2 Å². The molecule has 2 nitrogen and oxygen atoms in total. The molecule has 1 atom stereocenters. The molecule has 0 saturated carbocycles. The van der Waals surface area contributed by atoms with E-state index in [0.29, 0.717) is 6.04 Å². The van der Waals surface area contributed by atoms with E-state index in [9.17, 15) is 0 Å². The topological polar surface area (TPSA) is 15.3 Å². The molecule has 4 heteroatoms. The average molecular weight is 265 g/mol. The number of nitrogens with zero attached hydrogens (tertiary/aromatic N) is 1. The molecule has 1 unspecified atom stereocenters. The lowest BCUT2D eigenvalue weighted by Crippen LogP contribution is -2.41. The molecule has 0 amide bonds. The van der Waals surface area contributed by atoms with Crippen LogP contribution in [0.2, 0.25) is 0 Å². The number of rotatable bonds is 5. The average Bonchev–Trinajstić information content (AvgIpc) is 2.29. The van der Waals surface area contributed by atoms with Gasteiger partial charge in [0.05, 0.1) is 0 Å². The van der Waals surface area contributed by atoms with E-state index in [-0.39, 0.29) is 0 Å². The van der Waals surface area contributed by atoms with E-state index >= 15 is 0 Å². The maximum atomic E-state index is 5.99. The molecule has 0 aliphatic carbocycles. The van der Waals surface area contributed by atoms with E-state index in [2.05, 4.69) is 24.1 Å². The molecule has 1 aliphatic rings. The first kappa shape index (κ1) is 14.3. The molecule has 0 spiro atoms. The van der Waals surface area contributed by atoms with Crippen LogP contribution in [-0.2, 0) is 0 Å². The molecule has 1 heterocycles. The van der Waals surface area contributed by atoms with E-state index in [1.807, 2.05) is 0 Å². The Morgan fingerprint density at radius 2 is 2.31 bits per heavy atom. The zero-order valence-corrected chi connectivity index (χ0v) is 11.7. The number of hydrogen-bond donors (Lipinski definition) is 1. The van der Waals surface area contributed by atoms with Gasteiger partial charge in [-0.2, -0.15) is 0 Å². The molecule has 1 N–H and O–H groups in total. The molecule has 94 valence electrons. The predicted octanol–water partition coefficient (Wildman–Crippen LogP) is 3.02.